The second kappa shape index (κ2) is 9.17. The lowest BCUT2D eigenvalue weighted by atomic mass is 10.2. The van der Waals surface area contributed by atoms with Crippen LogP contribution < -0.4 is 4.90 Å². The van der Waals surface area contributed by atoms with E-state index in [1.807, 2.05) is 28.4 Å². The molecule has 0 N–H and O–H groups in total. The van der Waals surface area contributed by atoms with Crippen LogP contribution in [-0.4, -0.2) is 27.2 Å². The summed E-state index contributed by atoms with van der Waals surface area (Å²) in [4.78, 5) is 18.9. The number of hydrogen-bond donors (Lipinski definition) is 0. The molecule has 0 spiro atoms. The molecular formula is C19H18Cl2N4OS. The molecule has 5 nitrogen and oxygen atoms in total. The van der Waals surface area contributed by atoms with Gasteiger partial charge in [-0.25, -0.2) is 4.98 Å². The van der Waals surface area contributed by atoms with E-state index in [-0.39, 0.29) is 5.91 Å². The van der Waals surface area contributed by atoms with Crippen molar-refractivity contribution in [1.29, 1.82) is 0 Å². The summed E-state index contributed by atoms with van der Waals surface area (Å²) >= 11 is 13.5. The third-order valence-corrected chi connectivity index (χ3v) is 5.49. The molecule has 1 amide bonds. The number of aryl methyl sites for hydroxylation is 1. The molecule has 8 heteroatoms. The van der Waals surface area contributed by atoms with Gasteiger partial charge >= 0.3 is 0 Å². The highest BCUT2D eigenvalue weighted by Gasteiger charge is 2.18. The second-order valence-corrected chi connectivity index (χ2v) is 7.46. The molecule has 2 heterocycles. The van der Waals surface area contributed by atoms with Crippen LogP contribution in [-0.2, 0) is 11.3 Å². The lowest BCUT2D eigenvalue weighted by Gasteiger charge is -2.18. The zero-order chi connectivity index (χ0) is 19.2. The summed E-state index contributed by atoms with van der Waals surface area (Å²) in [6.45, 7) is 4.87. The number of nitrogens with zero attached hydrogens (tertiary/aromatic N) is 4. The summed E-state index contributed by atoms with van der Waals surface area (Å²) in [5, 5.41) is 7.66. The monoisotopic (exact) mass is 420 g/mol. The summed E-state index contributed by atoms with van der Waals surface area (Å²) in [6, 6.07) is 7.23. The van der Waals surface area contributed by atoms with Crippen molar-refractivity contribution in [3.05, 3.63) is 64.7 Å². The number of anilines is 1. The SMILES string of the molecule is C=CCN(C(=O)CCCn1cccn1)c1nc(-c2ccc(Cl)c(Cl)c2)cs1. The number of thiazole rings is 1. The van der Waals surface area contributed by atoms with Crippen molar-refractivity contribution in [2.45, 2.75) is 19.4 Å². The third kappa shape index (κ3) is 4.97. The van der Waals surface area contributed by atoms with Crippen molar-refractivity contribution in [3.8, 4) is 11.3 Å². The molecule has 0 fully saturated rings. The molecule has 0 radical (unpaired) electrons. The number of aromatic nitrogens is 3. The van der Waals surface area contributed by atoms with Crippen LogP contribution in [0.15, 0.2) is 54.7 Å². The first kappa shape index (κ1) is 19.6. The van der Waals surface area contributed by atoms with Crippen LogP contribution in [0.4, 0.5) is 5.13 Å². The Hall–Kier alpha value is -2.15. The molecule has 1 aromatic carbocycles. The summed E-state index contributed by atoms with van der Waals surface area (Å²) in [5.74, 6) is 0.0112. The van der Waals surface area contributed by atoms with Crippen molar-refractivity contribution >= 4 is 45.6 Å². The van der Waals surface area contributed by atoms with Gasteiger partial charge < -0.3 is 0 Å². The zero-order valence-electron chi connectivity index (χ0n) is 14.5. The first-order chi connectivity index (χ1) is 13.1. The second-order valence-electron chi connectivity index (χ2n) is 5.81. The molecular weight excluding hydrogens is 403 g/mol. The third-order valence-electron chi connectivity index (χ3n) is 3.89. The van der Waals surface area contributed by atoms with Gasteiger partial charge in [0.15, 0.2) is 5.13 Å². The molecule has 27 heavy (non-hydrogen) atoms. The molecule has 0 aliphatic heterocycles. The van der Waals surface area contributed by atoms with Gasteiger partial charge in [-0.05, 0) is 24.6 Å². The molecule has 0 aliphatic rings. The Morgan fingerprint density at radius 1 is 1.33 bits per heavy atom. The Morgan fingerprint density at radius 2 is 2.19 bits per heavy atom. The lowest BCUT2D eigenvalue weighted by Crippen LogP contribution is -2.30. The van der Waals surface area contributed by atoms with E-state index in [0.29, 0.717) is 41.1 Å². The average Bonchev–Trinajstić information content (AvgIpc) is 3.34. The summed E-state index contributed by atoms with van der Waals surface area (Å²) in [5.41, 5.74) is 1.61. The largest absolute Gasteiger partial charge is 0.284 e. The quantitative estimate of drug-likeness (QED) is 0.463. The van der Waals surface area contributed by atoms with Crippen molar-refractivity contribution in [1.82, 2.24) is 14.8 Å². The minimum atomic E-state index is 0.0112. The van der Waals surface area contributed by atoms with Gasteiger partial charge in [0.05, 0.1) is 15.7 Å². The Labute approximate surface area is 171 Å². The van der Waals surface area contributed by atoms with Gasteiger partial charge in [0, 0.05) is 42.8 Å². The fourth-order valence-corrected chi connectivity index (χ4v) is 3.71. The summed E-state index contributed by atoms with van der Waals surface area (Å²) < 4.78 is 1.82. The van der Waals surface area contributed by atoms with E-state index in [9.17, 15) is 4.79 Å². The van der Waals surface area contributed by atoms with Gasteiger partial charge in [-0.1, -0.05) is 35.3 Å². The Morgan fingerprint density at radius 3 is 2.89 bits per heavy atom. The van der Waals surface area contributed by atoms with Crippen molar-refractivity contribution in [2.24, 2.45) is 0 Å². The number of amides is 1. The molecule has 0 unspecified atom stereocenters. The van der Waals surface area contributed by atoms with Gasteiger partial charge in [0.2, 0.25) is 5.91 Å². The van der Waals surface area contributed by atoms with Crippen LogP contribution in [0.5, 0.6) is 0 Å². The Balaban J connectivity index is 1.70. The maximum Gasteiger partial charge on any atom is 0.229 e. The maximum absolute atomic E-state index is 12.7. The van der Waals surface area contributed by atoms with Crippen molar-refractivity contribution in [2.75, 3.05) is 11.4 Å². The van der Waals surface area contributed by atoms with Gasteiger partial charge in [-0.15, -0.1) is 17.9 Å². The van der Waals surface area contributed by atoms with E-state index in [2.05, 4.69) is 16.7 Å². The molecule has 0 saturated carbocycles. The van der Waals surface area contributed by atoms with E-state index >= 15 is 0 Å². The van der Waals surface area contributed by atoms with Crippen molar-refractivity contribution in [3.63, 3.8) is 0 Å². The van der Waals surface area contributed by atoms with Crippen LogP contribution in [0.3, 0.4) is 0 Å². The van der Waals surface area contributed by atoms with Gasteiger partial charge in [0.1, 0.15) is 0 Å². The number of rotatable bonds is 8. The molecule has 3 rings (SSSR count). The van der Waals surface area contributed by atoms with Gasteiger partial charge in [-0.2, -0.15) is 5.10 Å². The van der Waals surface area contributed by atoms with Crippen LogP contribution in [0.1, 0.15) is 12.8 Å². The van der Waals surface area contributed by atoms with Gasteiger partial charge in [-0.3, -0.25) is 14.4 Å². The maximum atomic E-state index is 12.7. The fourth-order valence-electron chi connectivity index (χ4n) is 2.55. The molecule has 140 valence electrons. The number of carbonyl (C=O) groups excluding carboxylic acids is 1. The summed E-state index contributed by atoms with van der Waals surface area (Å²) in [7, 11) is 0. The van der Waals surface area contributed by atoms with E-state index < -0.39 is 0 Å². The zero-order valence-corrected chi connectivity index (χ0v) is 16.8. The van der Waals surface area contributed by atoms with E-state index in [1.165, 1.54) is 11.3 Å². The van der Waals surface area contributed by atoms with Crippen LogP contribution in [0, 0.1) is 0 Å². The Bertz CT molecular complexity index is 924. The first-order valence-electron chi connectivity index (χ1n) is 8.38. The van der Waals surface area contributed by atoms with Crippen LogP contribution in [0.25, 0.3) is 11.3 Å². The van der Waals surface area contributed by atoms with Crippen LogP contribution in [0.2, 0.25) is 10.0 Å². The Kier molecular flexibility index (Phi) is 6.66. The average molecular weight is 421 g/mol. The predicted octanol–water partition coefficient (Wildman–Crippen LogP) is 5.31. The molecule has 0 atom stereocenters. The molecule has 3 aromatic rings. The first-order valence-corrected chi connectivity index (χ1v) is 10.0. The molecule has 0 saturated heterocycles. The number of carbonyl (C=O) groups is 1. The predicted molar refractivity (Wildman–Crippen MR) is 112 cm³/mol. The highest BCUT2D eigenvalue weighted by Crippen LogP contribution is 2.32. The minimum absolute atomic E-state index is 0.0112. The molecule has 0 bridgehead atoms. The topological polar surface area (TPSA) is 51.0 Å². The number of benzene rings is 1. The fraction of sp³-hybridized carbons (Fsp3) is 0.211. The lowest BCUT2D eigenvalue weighted by molar-refractivity contribution is -0.118. The normalized spacial score (nSPS) is 10.7. The van der Waals surface area contributed by atoms with Crippen LogP contribution >= 0.6 is 34.5 Å². The minimum Gasteiger partial charge on any atom is -0.284 e. The molecule has 2 aromatic heterocycles. The van der Waals surface area contributed by atoms with E-state index in [0.717, 1.165) is 11.3 Å². The number of hydrogen-bond acceptors (Lipinski definition) is 4. The van der Waals surface area contributed by atoms with E-state index in [4.69, 9.17) is 23.2 Å². The standard InChI is InChI=1S/C19H18Cl2N4OS/c1-2-9-25(18(26)5-3-10-24-11-4-8-22-24)19-23-17(13-27-19)14-6-7-15(20)16(21)12-14/h2,4,6-8,11-13H,1,3,5,9-10H2. The highest BCUT2D eigenvalue weighted by molar-refractivity contribution is 7.14. The number of halogens is 2. The molecule has 0 aliphatic carbocycles. The van der Waals surface area contributed by atoms with Gasteiger partial charge in [0.25, 0.3) is 0 Å². The highest BCUT2D eigenvalue weighted by atomic mass is 35.5. The smallest absolute Gasteiger partial charge is 0.229 e. The van der Waals surface area contributed by atoms with Crippen molar-refractivity contribution < 1.29 is 4.79 Å². The van der Waals surface area contributed by atoms with E-state index in [1.54, 1.807) is 29.3 Å². The summed E-state index contributed by atoms with van der Waals surface area (Å²) in [6.07, 6.45) is 6.43.